The first-order valence-corrected chi connectivity index (χ1v) is 6.77. The lowest BCUT2D eigenvalue weighted by molar-refractivity contribution is 0.0939. The van der Waals surface area contributed by atoms with Gasteiger partial charge in [-0.1, -0.05) is 56.3 Å². The van der Waals surface area contributed by atoms with Crippen LogP contribution in [0, 0.1) is 5.92 Å². The highest BCUT2D eigenvalue weighted by molar-refractivity contribution is 5.97. The Bertz CT molecular complexity index is 610. The summed E-state index contributed by atoms with van der Waals surface area (Å²) in [6.07, 6.45) is 1.60. The zero-order valence-electron chi connectivity index (χ0n) is 11.8. The van der Waals surface area contributed by atoms with Gasteiger partial charge in [0.2, 0.25) is 0 Å². The van der Waals surface area contributed by atoms with Crippen molar-refractivity contribution >= 4 is 12.1 Å². The van der Waals surface area contributed by atoms with E-state index in [2.05, 4.69) is 0 Å². The second-order valence-corrected chi connectivity index (χ2v) is 5.26. The van der Waals surface area contributed by atoms with Crippen molar-refractivity contribution < 1.29 is 9.59 Å². The first kappa shape index (κ1) is 14.2. The topological polar surface area (TPSA) is 34.1 Å². The third-order valence-corrected chi connectivity index (χ3v) is 3.26. The van der Waals surface area contributed by atoms with Crippen LogP contribution in [-0.2, 0) is 6.42 Å². The molecule has 0 N–H and O–H groups in total. The Morgan fingerprint density at radius 3 is 2.35 bits per heavy atom. The van der Waals surface area contributed by atoms with E-state index in [1.165, 1.54) is 0 Å². The SMILES string of the molecule is CC(C)C(=O)c1cccc(Cc2ccc(C=O)cc2)c1. The molecule has 2 nitrogen and oxygen atoms in total. The van der Waals surface area contributed by atoms with Gasteiger partial charge in [-0.2, -0.15) is 0 Å². The molecular weight excluding hydrogens is 248 g/mol. The summed E-state index contributed by atoms with van der Waals surface area (Å²) in [5, 5.41) is 0. The Morgan fingerprint density at radius 2 is 1.75 bits per heavy atom. The molecule has 2 aromatic rings. The molecule has 0 aliphatic heterocycles. The van der Waals surface area contributed by atoms with E-state index in [0.717, 1.165) is 29.4 Å². The van der Waals surface area contributed by atoms with Crippen LogP contribution in [0.4, 0.5) is 0 Å². The number of hydrogen-bond donors (Lipinski definition) is 0. The molecule has 0 aliphatic carbocycles. The van der Waals surface area contributed by atoms with Crippen LogP contribution in [0.25, 0.3) is 0 Å². The molecule has 20 heavy (non-hydrogen) atoms. The van der Waals surface area contributed by atoms with Crippen molar-refractivity contribution in [1.82, 2.24) is 0 Å². The van der Waals surface area contributed by atoms with Crippen molar-refractivity contribution in [2.75, 3.05) is 0 Å². The van der Waals surface area contributed by atoms with Gasteiger partial charge >= 0.3 is 0 Å². The van der Waals surface area contributed by atoms with Gasteiger partial charge in [-0.3, -0.25) is 9.59 Å². The number of aldehydes is 1. The van der Waals surface area contributed by atoms with Gasteiger partial charge in [-0.05, 0) is 23.6 Å². The van der Waals surface area contributed by atoms with E-state index in [-0.39, 0.29) is 11.7 Å². The van der Waals surface area contributed by atoms with Crippen LogP contribution in [-0.4, -0.2) is 12.1 Å². The minimum absolute atomic E-state index is 0.0112. The first-order chi connectivity index (χ1) is 9.60. The summed E-state index contributed by atoms with van der Waals surface area (Å²) in [7, 11) is 0. The molecule has 0 fully saturated rings. The molecule has 102 valence electrons. The summed E-state index contributed by atoms with van der Waals surface area (Å²) in [6, 6.07) is 15.3. The molecule has 0 aromatic heterocycles. The maximum Gasteiger partial charge on any atom is 0.165 e. The lowest BCUT2D eigenvalue weighted by atomic mass is 9.97. The molecule has 0 heterocycles. The molecule has 0 atom stereocenters. The Balaban J connectivity index is 2.18. The lowest BCUT2D eigenvalue weighted by Crippen LogP contribution is -2.07. The van der Waals surface area contributed by atoms with Gasteiger partial charge in [0.25, 0.3) is 0 Å². The molecule has 0 spiro atoms. The van der Waals surface area contributed by atoms with Gasteiger partial charge in [0, 0.05) is 17.0 Å². The number of benzene rings is 2. The van der Waals surface area contributed by atoms with E-state index < -0.39 is 0 Å². The van der Waals surface area contributed by atoms with Crippen LogP contribution >= 0.6 is 0 Å². The fourth-order valence-electron chi connectivity index (χ4n) is 2.12. The van der Waals surface area contributed by atoms with Crippen LogP contribution in [0.3, 0.4) is 0 Å². The van der Waals surface area contributed by atoms with Gasteiger partial charge in [-0.15, -0.1) is 0 Å². The molecule has 2 heteroatoms. The van der Waals surface area contributed by atoms with E-state index in [0.29, 0.717) is 5.56 Å². The predicted octanol–water partition coefficient (Wildman–Crippen LogP) is 3.93. The third kappa shape index (κ3) is 3.41. The highest BCUT2D eigenvalue weighted by atomic mass is 16.1. The molecule has 0 aliphatic rings. The number of ketones is 1. The van der Waals surface area contributed by atoms with Gasteiger partial charge in [0.05, 0.1) is 0 Å². The Kier molecular flexibility index (Phi) is 4.46. The van der Waals surface area contributed by atoms with Crippen molar-refractivity contribution in [3.63, 3.8) is 0 Å². The van der Waals surface area contributed by atoms with Crippen molar-refractivity contribution in [3.8, 4) is 0 Å². The second-order valence-electron chi connectivity index (χ2n) is 5.26. The molecule has 2 aromatic carbocycles. The summed E-state index contributed by atoms with van der Waals surface area (Å²) in [6.45, 7) is 3.82. The summed E-state index contributed by atoms with van der Waals surface area (Å²) in [5.41, 5.74) is 3.68. The minimum Gasteiger partial charge on any atom is -0.298 e. The Hall–Kier alpha value is -2.22. The van der Waals surface area contributed by atoms with Gasteiger partial charge in [0.15, 0.2) is 5.78 Å². The lowest BCUT2D eigenvalue weighted by Gasteiger charge is -2.07. The molecule has 0 radical (unpaired) electrons. The molecule has 2 rings (SSSR count). The number of Topliss-reactive ketones (excluding diaryl/α,β-unsaturated/α-hetero) is 1. The summed E-state index contributed by atoms with van der Waals surface area (Å²) in [4.78, 5) is 22.6. The van der Waals surface area contributed by atoms with Crippen molar-refractivity contribution in [1.29, 1.82) is 0 Å². The van der Waals surface area contributed by atoms with Crippen LogP contribution in [0.5, 0.6) is 0 Å². The summed E-state index contributed by atoms with van der Waals surface area (Å²) >= 11 is 0. The average molecular weight is 266 g/mol. The number of rotatable bonds is 5. The van der Waals surface area contributed by atoms with E-state index >= 15 is 0 Å². The number of hydrogen-bond acceptors (Lipinski definition) is 2. The molecule has 0 saturated heterocycles. The summed E-state index contributed by atoms with van der Waals surface area (Å²) in [5.74, 6) is 0.181. The quantitative estimate of drug-likeness (QED) is 0.607. The maximum absolute atomic E-state index is 12.0. The van der Waals surface area contributed by atoms with Crippen LogP contribution < -0.4 is 0 Å². The van der Waals surface area contributed by atoms with Crippen molar-refractivity contribution in [3.05, 3.63) is 70.8 Å². The zero-order valence-corrected chi connectivity index (χ0v) is 11.8. The van der Waals surface area contributed by atoms with E-state index in [1.54, 1.807) is 0 Å². The second kappa shape index (κ2) is 6.29. The third-order valence-electron chi connectivity index (χ3n) is 3.26. The average Bonchev–Trinajstić information content (AvgIpc) is 2.47. The largest absolute Gasteiger partial charge is 0.298 e. The van der Waals surface area contributed by atoms with Gasteiger partial charge in [0.1, 0.15) is 6.29 Å². The number of carbonyl (C=O) groups excluding carboxylic acids is 2. The highest BCUT2D eigenvalue weighted by Crippen LogP contribution is 2.15. The smallest absolute Gasteiger partial charge is 0.165 e. The van der Waals surface area contributed by atoms with Crippen molar-refractivity contribution in [2.45, 2.75) is 20.3 Å². The highest BCUT2D eigenvalue weighted by Gasteiger charge is 2.10. The zero-order chi connectivity index (χ0) is 14.5. The minimum atomic E-state index is 0.0112. The molecular formula is C18H18O2. The standard InChI is InChI=1S/C18H18O2/c1-13(2)18(20)17-5-3-4-16(11-17)10-14-6-8-15(12-19)9-7-14/h3-9,11-13H,10H2,1-2H3. The fourth-order valence-corrected chi connectivity index (χ4v) is 2.12. The first-order valence-electron chi connectivity index (χ1n) is 6.77. The number of carbonyl (C=O) groups is 2. The van der Waals surface area contributed by atoms with Crippen LogP contribution in [0.15, 0.2) is 48.5 Å². The van der Waals surface area contributed by atoms with Gasteiger partial charge in [-0.25, -0.2) is 0 Å². The Labute approximate surface area is 119 Å². The van der Waals surface area contributed by atoms with E-state index in [1.807, 2.05) is 62.4 Å². The Morgan fingerprint density at radius 1 is 1.05 bits per heavy atom. The normalized spacial score (nSPS) is 10.6. The molecule has 0 unspecified atom stereocenters. The molecule has 0 bridgehead atoms. The van der Waals surface area contributed by atoms with E-state index in [4.69, 9.17) is 0 Å². The summed E-state index contributed by atoms with van der Waals surface area (Å²) < 4.78 is 0. The fraction of sp³-hybridized carbons (Fsp3) is 0.222. The molecule has 0 saturated carbocycles. The van der Waals surface area contributed by atoms with Gasteiger partial charge < -0.3 is 0 Å². The molecule has 0 amide bonds. The van der Waals surface area contributed by atoms with Crippen molar-refractivity contribution in [2.24, 2.45) is 5.92 Å². The predicted molar refractivity (Wildman–Crippen MR) is 80.2 cm³/mol. The maximum atomic E-state index is 12.0. The van der Waals surface area contributed by atoms with E-state index in [9.17, 15) is 9.59 Å². The monoisotopic (exact) mass is 266 g/mol. The van der Waals surface area contributed by atoms with Crippen LogP contribution in [0.1, 0.15) is 45.7 Å². The van der Waals surface area contributed by atoms with Crippen LogP contribution in [0.2, 0.25) is 0 Å².